The number of furan rings is 1. The fourth-order valence-corrected chi connectivity index (χ4v) is 11.4. The van der Waals surface area contributed by atoms with Crippen LogP contribution in [0.15, 0.2) is 217 Å². The molecule has 0 bridgehead atoms. The Bertz CT molecular complexity index is 3920. The van der Waals surface area contributed by atoms with E-state index in [-0.39, 0.29) is 0 Å². The van der Waals surface area contributed by atoms with Gasteiger partial charge in [0.1, 0.15) is 11.3 Å². The minimum atomic E-state index is 0.292. The lowest BCUT2D eigenvalue weighted by Crippen LogP contribution is -2.30. The minimum Gasteiger partial charge on any atom is -0.460 e. The molecule has 11 rings (SSSR count). The zero-order valence-electron chi connectivity index (χ0n) is 42.7. The van der Waals surface area contributed by atoms with E-state index in [2.05, 4.69) is 250 Å². The third-order valence-corrected chi connectivity index (χ3v) is 15.1. The number of rotatable bonds is 13. The Kier molecular flexibility index (Phi) is 13.3. The number of hydrogen-bond donors (Lipinski definition) is 0. The van der Waals surface area contributed by atoms with E-state index in [1.165, 1.54) is 54.5 Å². The monoisotopic (exact) mass is 949 g/mol. The average molecular weight is 949 g/mol. The van der Waals surface area contributed by atoms with Gasteiger partial charge in [0, 0.05) is 55.9 Å². The Morgan fingerprint density at radius 3 is 2.45 bits per heavy atom. The lowest BCUT2D eigenvalue weighted by molar-refractivity contribution is 0.564. The molecule has 0 amide bonds. The van der Waals surface area contributed by atoms with E-state index in [1.54, 1.807) is 0 Å². The van der Waals surface area contributed by atoms with Crippen LogP contribution in [0.5, 0.6) is 0 Å². The first-order valence-corrected chi connectivity index (χ1v) is 26.4. The molecule has 5 aromatic carbocycles. The van der Waals surface area contributed by atoms with E-state index in [0.717, 1.165) is 106 Å². The van der Waals surface area contributed by atoms with E-state index in [4.69, 9.17) is 11.0 Å². The van der Waals surface area contributed by atoms with E-state index in [1.807, 2.05) is 0 Å². The van der Waals surface area contributed by atoms with E-state index < -0.39 is 0 Å². The van der Waals surface area contributed by atoms with Gasteiger partial charge >= 0.3 is 0 Å². The van der Waals surface area contributed by atoms with Gasteiger partial charge in [-0.05, 0) is 132 Å². The van der Waals surface area contributed by atoms with Gasteiger partial charge in [-0.1, -0.05) is 192 Å². The lowest BCUT2D eigenvalue weighted by atomic mass is 9.89. The van der Waals surface area contributed by atoms with Gasteiger partial charge in [0.15, 0.2) is 0 Å². The molecule has 3 aromatic heterocycles. The second kappa shape index (κ2) is 20.5. The highest BCUT2D eigenvalue weighted by Gasteiger charge is 2.25. The first-order chi connectivity index (χ1) is 35.9. The normalized spacial score (nSPS) is 16.3. The van der Waals surface area contributed by atoms with Gasteiger partial charge in [-0.15, -0.1) is 0 Å². The highest BCUT2D eigenvalue weighted by atomic mass is 16.3. The molecule has 2 atom stereocenters. The smallest absolute Gasteiger partial charge is 0.135 e. The number of hydrogen-bond acceptors (Lipinski definition) is 1. The molecular formula is C70H64N2O. The Labute approximate surface area is 430 Å². The number of allylic oxidation sites excluding steroid dienone is 19. The van der Waals surface area contributed by atoms with Crippen molar-refractivity contribution >= 4 is 72.5 Å². The summed E-state index contributed by atoms with van der Waals surface area (Å²) in [6.07, 6.45) is 45.5. The van der Waals surface area contributed by atoms with Crippen LogP contribution in [0.25, 0.3) is 83.9 Å². The van der Waals surface area contributed by atoms with Gasteiger partial charge in [0.2, 0.25) is 0 Å². The van der Waals surface area contributed by atoms with Gasteiger partial charge in [0.05, 0.1) is 27.6 Å². The molecule has 73 heavy (non-hydrogen) atoms. The topological polar surface area (TPSA) is 23.0 Å². The molecule has 360 valence electrons. The summed E-state index contributed by atoms with van der Waals surface area (Å²) in [7, 11) is 0. The summed E-state index contributed by atoms with van der Waals surface area (Å²) < 4.78 is 11.7. The molecule has 0 saturated carbocycles. The third-order valence-electron chi connectivity index (χ3n) is 15.1. The zero-order valence-corrected chi connectivity index (χ0v) is 42.7. The summed E-state index contributed by atoms with van der Waals surface area (Å²) in [6, 6.07) is 36.5. The number of benzene rings is 5. The molecule has 3 aliphatic rings. The molecule has 3 heteroatoms. The average Bonchev–Trinajstić information content (AvgIpc) is 3.73. The van der Waals surface area contributed by atoms with Crippen molar-refractivity contribution in [1.82, 2.24) is 9.13 Å². The van der Waals surface area contributed by atoms with Crippen LogP contribution >= 0.6 is 0 Å². The molecular weight excluding hydrogens is 885 g/mol. The quantitative estimate of drug-likeness (QED) is 0.0834. The lowest BCUT2D eigenvalue weighted by Gasteiger charge is -2.21. The van der Waals surface area contributed by atoms with Gasteiger partial charge in [0.25, 0.3) is 0 Å². The van der Waals surface area contributed by atoms with Gasteiger partial charge < -0.3 is 13.6 Å². The second-order valence-electron chi connectivity index (χ2n) is 19.7. The summed E-state index contributed by atoms with van der Waals surface area (Å²) in [5.41, 5.74) is 17.0. The molecule has 0 N–H and O–H groups in total. The Morgan fingerprint density at radius 2 is 1.62 bits per heavy atom. The van der Waals surface area contributed by atoms with Crippen molar-refractivity contribution in [2.75, 3.05) is 0 Å². The van der Waals surface area contributed by atoms with Crippen LogP contribution < -0.4 is 10.6 Å². The van der Waals surface area contributed by atoms with Crippen molar-refractivity contribution in [3.8, 4) is 11.4 Å². The Balaban J connectivity index is 1.20. The summed E-state index contributed by atoms with van der Waals surface area (Å²) in [5.74, 6) is 1.63. The third kappa shape index (κ3) is 8.67. The number of para-hydroxylation sites is 1. The highest BCUT2D eigenvalue weighted by Crippen LogP contribution is 2.40. The molecule has 0 spiro atoms. The molecule has 3 nitrogen and oxygen atoms in total. The van der Waals surface area contributed by atoms with Gasteiger partial charge in [-0.25, -0.2) is 0 Å². The maximum atomic E-state index is 6.69. The Hall–Kier alpha value is -8.14. The van der Waals surface area contributed by atoms with E-state index in [9.17, 15) is 0 Å². The maximum Gasteiger partial charge on any atom is 0.135 e. The minimum absolute atomic E-state index is 0.292. The molecule has 0 aliphatic heterocycles. The summed E-state index contributed by atoms with van der Waals surface area (Å²) in [4.78, 5) is 0. The van der Waals surface area contributed by atoms with Crippen molar-refractivity contribution in [3.63, 3.8) is 0 Å². The number of aromatic nitrogens is 2. The fourth-order valence-electron chi connectivity index (χ4n) is 11.4. The molecule has 3 aliphatic carbocycles. The van der Waals surface area contributed by atoms with Crippen LogP contribution in [0.3, 0.4) is 0 Å². The standard InChI is InChI=1S/C70H64N2O/c1-7-10-11-15-26-48(5)67-55(47(4)9-3)32-24-35-61(67)72-62-34-23-20-29-56(53-39-42-58-57-30-18-14-19-36-65(57)73-66(58)46-53)68(62)70-64(72)44-43-63-69(70)59-31-21-22-33-60(59)71(63)54-40-37-51(38-41-54)52(25-8-2)45-49(6)50-27-16-12-13-17-28-50/h8,10-12,14-22,24-26,28-35,37-47,50H,5-7,9,13,23,27,36H2,1-4H3/b11-10-,25-8-,26-15-,52-45+. The first-order valence-electron chi connectivity index (χ1n) is 26.4. The van der Waals surface area contributed by atoms with Crippen LogP contribution in [0, 0.1) is 5.92 Å². The summed E-state index contributed by atoms with van der Waals surface area (Å²) in [5, 5.41) is 7.21. The largest absolute Gasteiger partial charge is 0.460 e. The maximum absolute atomic E-state index is 6.69. The molecule has 0 radical (unpaired) electrons. The Morgan fingerprint density at radius 1 is 0.767 bits per heavy atom. The molecule has 0 saturated heterocycles. The van der Waals surface area contributed by atoms with Crippen LogP contribution in [0.4, 0.5) is 0 Å². The second-order valence-corrected chi connectivity index (χ2v) is 19.7. The molecule has 0 fully saturated rings. The first kappa shape index (κ1) is 47.2. The summed E-state index contributed by atoms with van der Waals surface area (Å²) in [6.45, 7) is 18.2. The number of nitrogens with zero attached hydrogens (tertiary/aromatic N) is 2. The van der Waals surface area contributed by atoms with Gasteiger partial charge in [-0.3, -0.25) is 0 Å². The van der Waals surface area contributed by atoms with Crippen molar-refractivity contribution in [2.45, 2.75) is 72.1 Å². The van der Waals surface area contributed by atoms with E-state index >= 15 is 0 Å². The zero-order chi connectivity index (χ0) is 50.0. The number of fused-ring (bicyclic) bond motifs is 10. The van der Waals surface area contributed by atoms with Crippen molar-refractivity contribution < 1.29 is 4.42 Å². The SMILES string of the molecule is C=C(/C=C\C=C/CC)c1c(C(C)CC)cccc1-n1c2c(c3c4c5ccccc5n(-c5ccc(C(/C=C\C)=C/C(=C)C6C=CCC=CC6)cc5)c4ccc31)=C(c1ccc3c4c(oc3c1)CC=CC=C4)C=CCC=2. The fraction of sp³-hybridized carbons (Fsp3) is 0.171. The van der Waals surface area contributed by atoms with E-state index in [0.29, 0.717) is 11.8 Å². The highest BCUT2D eigenvalue weighted by molar-refractivity contribution is 6.22. The van der Waals surface area contributed by atoms with Crippen molar-refractivity contribution in [3.05, 3.63) is 257 Å². The summed E-state index contributed by atoms with van der Waals surface area (Å²) >= 11 is 0. The molecule has 8 aromatic rings. The molecule has 3 heterocycles. The molecule has 2 unspecified atom stereocenters. The predicted octanol–water partition coefficient (Wildman–Crippen LogP) is 17.6. The van der Waals surface area contributed by atoms with Crippen molar-refractivity contribution in [2.24, 2.45) is 5.92 Å². The van der Waals surface area contributed by atoms with Crippen molar-refractivity contribution in [1.29, 1.82) is 0 Å². The van der Waals surface area contributed by atoms with Gasteiger partial charge in [-0.2, -0.15) is 0 Å². The van der Waals surface area contributed by atoms with Crippen LogP contribution in [-0.4, -0.2) is 9.13 Å². The van der Waals surface area contributed by atoms with Crippen LogP contribution in [-0.2, 0) is 6.42 Å². The van der Waals surface area contributed by atoms with Crippen LogP contribution in [0.2, 0.25) is 0 Å². The predicted molar refractivity (Wildman–Crippen MR) is 315 cm³/mol. The van der Waals surface area contributed by atoms with Crippen LogP contribution in [0.1, 0.15) is 99.3 Å².